The molecule has 1 N–H and O–H groups in total. The Kier molecular flexibility index (Phi) is 5.87. The minimum atomic E-state index is -0.336. The molecule has 0 aliphatic carbocycles. The summed E-state index contributed by atoms with van der Waals surface area (Å²) in [6, 6.07) is 13.3. The maximum Gasteiger partial charge on any atom is 0.238 e. The number of carbonyl (C=O) groups excluding carboxylic acids is 1. The van der Waals surface area contributed by atoms with E-state index in [1.165, 1.54) is 12.1 Å². The van der Waals surface area contributed by atoms with Gasteiger partial charge in [0.15, 0.2) is 0 Å². The van der Waals surface area contributed by atoms with Crippen LogP contribution in [0.3, 0.4) is 0 Å². The van der Waals surface area contributed by atoms with Crippen LogP contribution in [0.2, 0.25) is 5.02 Å². The highest BCUT2D eigenvalue weighted by molar-refractivity contribution is 6.33. The molecule has 2 aromatic carbocycles. The molecule has 0 radical (unpaired) electrons. The molecule has 0 bridgehead atoms. The minimum Gasteiger partial charge on any atom is -0.339 e. The molecule has 0 atom stereocenters. The summed E-state index contributed by atoms with van der Waals surface area (Å²) in [7, 11) is 0. The summed E-state index contributed by atoms with van der Waals surface area (Å²) in [4.78, 5) is 18.8. The number of rotatable bonds is 5. The number of piperidine rings is 1. The van der Waals surface area contributed by atoms with Crippen molar-refractivity contribution in [1.29, 1.82) is 0 Å². The second-order valence-electron chi connectivity index (χ2n) is 7.05. The lowest BCUT2D eigenvalue weighted by Gasteiger charge is -2.29. The predicted octanol–water partition coefficient (Wildman–Crippen LogP) is 4.35. The van der Waals surface area contributed by atoms with Gasteiger partial charge in [-0.3, -0.25) is 9.69 Å². The third kappa shape index (κ3) is 4.81. The molecule has 1 amide bonds. The molecule has 2 heterocycles. The molecule has 1 saturated heterocycles. The number of benzene rings is 2. The molecule has 29 heavy (non-hydrogen) atoms. The minimum absolute atomic E-state index is 0.0947. The van der Waals surface area contributed by atoms with Gasteiger partial charge in [-0.25, -0.2) is 4.39 Å². The van der Waals surface area contributed by atoms with E-state index in [4.69, 9.17) is 16.1 Å². The zero-order valence-corrected chi connectivity index (χ0v) is 16.4. The molecule has 0 unspecified atom stereocenters. The van der Waals surface area contributed by atoms with E-state index in [1.54, 1.807) is 24.3 Å². The Balaban J connectivity index is 1.31. The first-order chi connectivity index (χ1) is 14.1. The molecule has 3 aromatic rings. The summed E-state index contributed by atoms with van der Waals surface area (Å²) in [5.41, 5.74) is 1.21. The monoisotopic (exact) mass is 414 g/mol. The smallest absolute Gasteiger partial charge is 0.238 e. The summed E-state index contributed by atoms with van der Waals surface area (Å²) in [5, 5.41) is 7.34. The second-order valence-corrected chi connectivity index (χ2v) is 7.45. The van der Waals surface area contributed by atoms with Gasteiger partial charge in [-0.15, -0.1) is 0 Å². The van der Waals surface area contributed by atoms with Crippen molar-refractivity contribution in [2.45, 2.75) is 18.8 Å². The summed E-state index contributed by atoms with van der Waals surface area (Å²) in [6.45, 7) is 1.80. The Hall–Kier alpha value is -2.77. The van der Waals surface area contributed by atoms with Crippen molar-refractivity contribution in [1.82, 2.24) is 15.0 Å². The van der Waals surface area contributed by atoms with Crippen LogP contribution in [-0.2, 0) is 4.79 Å². The SMILES string of the molecule is O=C(CN1CCC(c2nc(-c3cccc(F)c3)no2)CC1)Nc1ccccc1Cl. The van der Waals surface area contributed by atoms with E-state index in [0.29, 0.717) is 34.5 Å². The third-order valence-corrected chi connectivity index (χ3v) is 5.31. The van der Waals surface area contributed by atoms with E-state index in [1.807, 2.05) is 12.1 Å². The first kappa shape index (κ1) is 19.5. The average molecular weight is 415 g/mol. The van der Waals surface area contributed by atoms with Crippen molar-refractivity contribution in [2.24, 2.45) is 0 Å². The molecule has 4 rings (SSSR count). The molecule has 1 aliphatic rings. The Morgan fingerprint density at radius 2 is 2.00 bits per heavy atom. The van der Waals surface area contributed by atoms with Crippen LogP contribution in [0.1, 0.15) is 24.7 Å². The van der Waals surface area contributed by atoms with E-state index in [0.717, 1.165) is 25.9 Å². The predicted molar refractivity (Wildman–Crippen MR) is 108 cm³/mol. The largest absolute Gasteiger partial charge is 0.339 e. The van der Waals surface area contributed by atoms with Gasteiger partial charge in [0.05, 0.1) is 17.3 Å². The van der Waals surface area contributed by atoms with E-state index >= 15 is 0 Å². The fourth-order valence-electron chi connectivity index (χ4n) is 3.44. The highest BCUT2D eigenvalue weighted by Crippen LogP contribution is 2.28. The zero-order valence-electron chi connectivity index (χ0n) is 15.6. The number of amides is 1. The maximum atomic E-state index is 13.4. The number of likely N-dealkylation sites (tertiary alicyclic amines) is 1. The summed E-state index contributed by atoms with van der Waals surface area (Å²) in [6.07, 6.45) is 1.62. The van der Waals surface area contributed by atoms with Crippen LogP contribution in [0.25, 0.3) is 11.4 Å². The lowest BCUT2D eigenvalue weighted by molar-refractivity contribution is -0.117. The van der Waals surface area contributed by atoms with Gasteiger partial charge < -0.3 is 9.84 Å². The highest BCUT2D eigenvalue weighted by Gasteiger charge is 2.26. The average Bonchev–Trinajstić information content (AvgIpc) is 3.21. The molecule has 8 heteroatoms. The molecule has 1 aromatic heterocycles. The second kappa shape index (κ2) is 8.71. The Morgan fingerprint density at radius 3 is 2.76 bits per heavy atom. The third-order valence-electron chi connectivity index (χ3n) is 4.98. The fraction of sp³-hybridized carbons (Fsp3) is 0.286. The van der Waals surface area contributed by atoms with Crippen molar-refractivity contribution < 1.29 is 13.7 Å². The Labute approximate surface area is 172 Å². The van der Waals surface area contributed by atoms with E-state index in [-0.39, 0.29) is 17.6 Å². The first-order valence-corrected chi connectivity index (χ1v) is 9.82. The summed E-state index contributed by atoms with van der Waals surface area (Å²) < 4.78 is 18.8. The number of carbonyl (C=O) groups is 1. The van der Waals surface area contributed by atoms with Gasteiger partial charge in [0.1, 0.15) is 5.82 Å². The summed E-state index contributed by atoms with van der Waals surface area (Å²) >= 11 is 6.08. The fourth-order valence-corrected chi connectivity index (χ4v) is 3.62. The number of hydrogen-bond acceptors (Lipinski definition) is 5. The van der Waals surface area contributed by atoms with E-state index < -0.39 is 0 Å². The van der Waals surface area contributed by atoms with Crippen molar-refractivity contribution in [3.05, 3.63) is 65.3 Å². The maximum absolute atomic E-state index is 13.4. The lowest BCUT2D eigenvalue weighted by atomic mass is 9.97. The number of hydrogen-bond donors (Lipinski definition) is 1. The quantitative estimate of drug-likeness (QED) is 0.672. The van der Waals surface area contributed by atoms with Crippen molar-refractivity contribution in [3.63, 3.8) is 0 Å². The molecule has 6 nitrogen and oxygen atoms in total. The molecule has 1 aliphatic heterocycles. The van der Waals surface area contributed by atoms with Crippen LogP contribution in [0.5, 0.6) is 0 Å². The van der Waals surface area contributed by atoms with Gasteiger partial charge >= 0.3 is 0 Å². The van der Waals surface area contributed by atoms with E-state index in [2.05, 4.69) is 20.4 Å². The van der Waals surface area contributed by atoms with Crippen LogP contribution < -0.4 is 5.32 Å². The van der Waals surface area contributed by atoms with Gasteiger partial charge in [0.25, 0.3) is 0 Å². The van der Waals surface area contributed by atoms with Gasteiger partial charge in [-0.1, -0.05) is 41.0 Å². The van der Waals surface area contributed by atoms with Crippen molar-refractivity contribution in [3.8, 4) is 11.4 Å². The van der Waals surface area contributed by atoms with Crippen LogP contribution in [-0.4, -0.2) is 40.6 Å². The van der Waals surface area contributed by atoms with Crippen LogP contribution in [0.15, 0.2) is 53.1 Å². The molecular weight excluding hydrogens is 395 g/mol. The number of para-hydroxylation sites is 1. The van der Waals surface area contributed by atoms with Crippen LogP contribution in [0.4, 0.5) is 10.1 Å². The van der Waals surface area contributed by atoms with Gasteiger partial charge in [0, 0.05) is 11.5 Å². The first-order valence-electron chi connectivity index (χ1n) is 9.45. The van der Waals surface area contributed by atoms with Gasteiger partial charge in [0.2, 0.25) is 17.6 Å². The number of nitrogens with zero attached hydrogens (tertiary/aromatic N) is 3. The highest BCUT2D eigenvalue weighted by atomic mass is 35.5. The standard InChI is InChI=1S/C21H20ClFN4O2/c22-17-6-1-2-7-18(17)24-19(28)13-27-10-8-14(9-11-27)21-25-20(26-29-21)15-4-3-5-16(23)12-15/h1-7,12,14H,8-11,13H2,(H,24,28). The van der Waals surface area contributed by atoms with Gasteiger partial charge in [-0.05, 0) is 50.2 Å². The Bertz CT molecular complexity index is 1000. The summed E-state index contributed by atoms with van der Waals surface area (Å²) in [5.74, 6) is 0.651. The van der Waals surface area contributed by atoms with Gasteiger partial charge in [-0.2, -0.15) is 4.98 Å². The molecule has 0 spiro atoms. The molecule has 150 valence electrons. The normalized spacial score (nSPS) is 15.4. The molecular formula is C21H20ClFN4O2. The van der Waals surface area contributed by atoms with Crippen LogP contribution in [0, 0.1) is 5.82 Å². The molecule has 0 saturated carbocycles. The molecule has 1 fully saturated rings. The number of halogens is 2. The Morgan fingerprint density at radius 1 is 1.21 bits per heavy atom. The zero-order chi connectivity index (χ0) is 20.2. The topological polar surface area (TPSA) is 71.3 Å². The number of anilines is 1. The lowest BCUT2D eigenvalue weighted by Crippen LogP contribution is -2.38. The van der Waals surface area contributed by atoms with Crippen molar-refractivity contribution >= 4 is 23.2 Å². The van der Waals surface area contributed by atoms with Crippen molar-refractivity contribution in [2.75, 3.05) is 25.0 Å². The number of aromatic nitrogens is 2. The number of nitrogens with one attached hydrogen (secondary N) is 1. The van der Waals surface area contributed by atoms with E-state index in [9.17, 15) is 9.18 Å². The van der Waals surface area contributed by atoms with Crippen LogP contribution >= 0.6 is 11.6 Å².